The largest absolute Gasteiger partial charge is 0.508 e. The molecule has 0 radical (unpaired) electrons. The summed E-state index contributed by atoms with van der Waals surface area (Å²) in [4.78, 5) is 156. The van der Waals surface area contributed by atoms with Crippen molar-refractivity contribution in [2.24, 2.45) is 11.5 Å². The minimum atomic E-state index is -1.89. The van der Waals surface area contributed by atoms with Crippen molar-refractivity contribution in [1.29, 1.82) is 0 Å². The topological polar surface area (TPSA) is 478 Å². The number of phenolic OH excluding ortho intramolecular Hbond substituents is 2. The number of aliphatic hydroxyl groups excluding tert-OH is 2. The number of carbonyl (C=O) groups is 11. The zero-order valence-corrected chi connectivity index (χ0v) is 49.1. The molecule has 1 aromatic heterocycles. The number of nitrogens with one attached hydrogen (secondary N) is 10. The van der Waals surface area contributed by atoms with Gasteiger partial charge in [-0.05, 0) is 64.9 Å². The highest BCUT2D eigenvalue weighted by Crippen LogP contribution is 2.15. The summed E-state index contributed by atoms with van der Waals surface area (Å²) in [6.45, 7) is -2.71. The molecule has 19 N–H and O–H groups in total. The first-order chi connectivity index (χ1) is 42.6. The molecule has 0 unspecified atom stereocenters. The van der Waals surface area contributed by atoms with E-state index >= 15 is 0 Å². The summed E-state index contributed by atoms with van der Waals surface area (Å²) in [6, 6.07) is 13.0. The van der Waals surface area contributed by atoms with Crippen molar-refractivity contribution in [2.45, 2.75) is 99.3 Å². The van der Waals surface area contributed by atoms with Crippen LogP contribution in [0.4, 0.5) is 0 Å². The number of aliphatic carboxylic acids is 1. The van der Waals surface area contributed by atoms with Gasteiger partial charge in [-0.25, -0.2) is 9.78 Å². The number of aliphatic hydroxyl groups is 2. The van der Waals surface area contributed by atoms with Crippen molar-refractivity contribution in [3.63, 3.8) is 0 Å². The normalized spacial score (nSPS) is 14.0. The fraction of sp³-hybridized carbons (Fsp3) is 0.356. The van der Waals surface area contributed by atoms with Crippen LogP contribution >= 0.6 is 11.8 Å². The Morgan fingerprint density at radius 3 is 1.19 bits per heavy atom. The molecule has 0 saturated carbocycles. The number of primary amides is 1. The van der Waals surface area contributed by atoms with Gasteiger partial charge in [-0.2, -0.15) is 11.8 Å². The van der Waals surface area contributed by atoms with Crippen LogP contribution in [0.15, 0.2) is 122 Å². The second-order valence-corrected chi connectivity index (χ2v) is 21.4. The minimum absolute atomic E-state index is 0.000692. The van der Waals surface area contributed by atoms with Gasteiger partial charge in [-0.1, -0.05) is 84.9 Å². The molecule has 0 aliphatic rings. The molecule has 30 heteroatoms. The van der Waals surface area contributed by atoms with Crippen molar-refractivity contribution in [3.8, 4) is 11.5 Å². The molecule has 476 valence electrons. The fourth-order valence-electron chi connectivity index (χ4n) is 8.82. The van der Waals surface area contributed by atoms with E-state index in [4.69, 9.17) is 11.5 Å². The lowest BCUT2D eigenvalue weighted by Crippen LogP contribution is -2.62. The molecule has 89 heavy (non-hydrogen) atoms. The zero-order valence-electron chi connectivity index (χ0n) is 48.3. The molecule has 0 saturated heterocycles. The van der Waals surface area contributed by atoms with E-state index in [0.29, 0.717) is 33.7 Å². The summed E-state index contributed by atoms with van der Waals surface area (Å²) in [5.74, 6) is -11.5. The average Bonchev–Trinajstić information content (AvgIpc) is 3.94. The molecule has 4 aromatic carbocycles. The van der Waals surface area contributed by atoms with Crippen LogP contribution in [0.2, 0.25) is 0 Å². The van der Waals surface area contributed by atoms with E-state index in [-0.39, 0.29) is 50.0 Å². The number of nitrogens with zero attached hydrogens (tertiary/aromatic N) is 1. The van der Waals surface area contributed by atoms with Gasteiger partial charge >= 0.3 is 5.97 Å². The molecule has 0 fully saturated rings. The predicted octanol–water partition coefficient (Wildman–Crippen LogP) is -3.65. The van der Waals surface area contributed by atoms with Crippen molar-refractivity contribution < 1.29 is 78.3 Å². The summed E-state index contributed by atoms with van der Waals surface area (Å²) in [5.41, 5.74) is 13.2. The van der Waals surface area contributed by atoms with Gasteiger partial charge in [0.15, 0.2) is 0 Å². The lowest BCUT2D eigenvalue weighted by atomic mass is 10.0. The summed E-state index contributed by atoms with van der Waals surface area (Å²) < 4.78 is 0. The van der Waals surface area contributed by atoms with Gasteiger partial charge in [0.05, 0.1) is 32.5 Å². The maximum atomic E-state index is 14.4. The summed E-state index contributed by atoms with van der Waals surface area (Å²) in [7, 11) is 0. The number of thioether (sulfide) groups is 1. The van der Waals surface area contributed by atoms with Gasteiger partial charge in [0, 0.05) is 44.0 Å². The molecule has 0 aliphatic heterocycles. The van der Waals surface area contributed by atoms with Crippen LogP contribution in [0.25, 0.3) is 0 Å². The first kappa shape index (κ1) is 69.9. The highest BCUT2D eigenvalue weighted by atomic mass is 32.2. The maximum Gasteiger partial charge on any atom is 0.326 e. The monoisotopic (exact) mass is 1250 g/mol. The number of benzene rings is 4. The molecular weight excluding hydrogens is 1180 g/mol. The molecule has 10 amide bonds. The quantitative estimate of drug-likeness (QED) is 0.0184. The van der Waals surface area contributed by atoms with Crippen LogP contribution in [0.1, 0.15) is 40.8 Å². The van der Waals surface area contributed by atoms with Gasteiger partial charge in [-0.15, -0.1) is 0 Å². The number of imidazole rings is 1. The van der Waals surface area contributed by atoms with Gasteiger partial charge in [0.25, 0.3) is 0 Å². The van der Waals surface area contributed by atoms with Crippen LogP contribution < -0.4 is 59.3 Å². The number of hydrogen-bond donors (Lipinski definition) is 17. The number of nitrogens with two attached hydrogens (primary N) is 2. The fourth-order valence-corrected chi connectivity index (χ4v) is 9.29. The van der Waals surface area contributed by atoms with Crippen molar-refractivity contribution in [2.75, 3.05) is 31.8 Å². The van der Waals surface area contributed by atoms with Crippen molar-refractivity contribution >= 4 is 76.8 Å². The number of aromatic nitrogens is 2. The smallest absolute Gasteiger partial charge is 0.326 e. The van der Waals surface area contributed by atoms with E-state index in [0.717, 1.165) is 0 Å². The molecule has 29 nitrogen and oxygen atoms in total. The summed E-state index contributed by atoms with van der Waals surface area (Å²) in [5, 5.41) is 73.2. The molecule has 5 aromatic rings. The van der Waals surface area contributed by atoms with Crippen LogP contribution in [0.5, 0.6) is 11.5 Å². The third-order valence-corrected chi connectivity index (χ3v) is 14.2. The third kappa shape index (κ3) is 23.4. The first-order valence-corrected chi connectivity index (χ1v) is 29.2. The molecule has 0 spiro atoms. The maximum absolute atomic E-state index is 14.4. The van der Waals surface area contributed by atoms with E-state index in [1.807, 2.05) is 0 Å². The molecular formula is C59H73N13O16S. The second kappa shape index (κ2) is 35.7. The highest BCUT2D eigenvalue weighted by Gasteiger charge is 2.36. The van der Waals surface area contributed by atoms with E-state index in [1.54, 1.807) is 66.9 Å². The molecule has 9 atom stereocenters. The zero-order chi connectivity index (χ0) is 65.0. The number of aromatic amines is 1. The number of H-pyrrole nitrogens is 1. The van der Waals surface area contributed by atoms with Crippen molar-refractivity contribution in [3.05, 3.63) is 150 Å². The van der Waals surface area contributed by atoms with E-state index < -0.39 is 146 Å². The highest BCUT2D eigenvalue weighted by molar-refractivity contribution is 7.98. The number of amides is 10. The third-order valence-electron chi connectivity index (χ3n) is 13.6. The van der Waals surface area contributed by atoms with Crippen molar-refractivity contribution in [1.82, 2.24) is 57.8 Å². The molecule has 5 rings (SSSR count). The number of aromatic hydroxyl groups is 2. The van der Waals surface area contributed by atoms with Gasteiger partial charge in [-0.3, -0.25) is 47.9 Å². The number of carboxylic acids is 1. The van der Waals surface area contributed by atoms with Gasteiger partial charge < -0.3 is 89.8 Å². The number of phenols is 2. The number of carboxylic acid groups (broad SMARTS) is 1. The van der Waals surface area contributed by atoms with Crippen LogP contribution in [0.3, 0.4) is 0 Å². The van der Waals surface area contributed by atoms with E-state index in [9.17, 15) is 78.3 Å². The van der Waals surface area contributed by atoms with Gasteiger partial charge in [0.1, 0.15) is 65.9 Å². The first-order valence-electron chi connectivity index (χ1n) is 27.8. The Labute approximate surface area is 514 Å². The number of hydrogen-bond acceptors (Lipinski definition) is 18. The number of carbonyl (C=O) groups excluding carboxylic acids is 10. The van der Waals surface area contributed by atoms with Gasteiger partial charge in [0.2, 0.25) is 59.1 Å². The SMILES string of the molecule is CSCC[C@H](NC(=O)[C@H](Cc1ccc(O)cc1)NC(=O)[C@H](CO)NC(=O)[C@H](Cc1ccc(O)cc1)NC(=O)[C@H](CO)NC(=O)[C@H](Cc1ccccc1)NC(=O)[C@H](CC(N)=O)NC(=O)[C@H](Cc1ccccc1)NC(=O)CN)C(=O)N[C@@H](Cc1cnc[nH]1)C(=O)O. The second-order valence-electron chi connectivity index (χ2n) is 20.4. The lowest BCUT2D eigenvalue weighted by molar-refractivity contribution is -0.142. The Balaban J connectivity index is 1.36. The minimum Gasteiger partial charge on any atom is -0.508 e. The Hall–Kier alpha value is -9.91. The lowest BCUT2D eigenvalue weighted by Gasteiger charge is -2.27. The number of rotatable bonds is 36. The molecule has 0 aliphatic carbocycles. The summed E-state index contributed by atoms with van der Waals surface area (Å²) in [6.07, 6.45) is 2.46. The standard InChI is InChI=1S/C59H73N13O16S/c1-89-21-20-40(51(79)70-46(59(87)88)26-37-29-62-32-63-37)65-53(81)43(24-35-12-16-38(75)17-13-35)67-57(85)47(30-73)72-55(83)44(25-36-14-18-39(76)19-15-36)68-58(86)48(31-74)71-54(82)42(23-34-10-6-3-7-11-34)66-56(84)45(27-49(61)77)69-52(80)41(64-50(78)28-60)22-33-8-4-2-5-9-33/h2-19,29,32,40-48,73-76H,20-28,30-31,60H2,1H3,(H2,61,77)(H,62,63)(H,64,78)(H,65,81)(H,66,84)(H,67,85)(H,68,86)(H,69,80)(H,70,79)(H,71,82)(H,72,83)(H,87,88)/t40-,41-,42-,43-,44-,45-,46-,47-,48-/m0/s1. The Kier molecular flexibility index (Phi) is 28.0. The van der Waals surface area contributed by atoms with Crippen LogP contribution in [-0.4, -0.2) is 187 Å². The van der Waals surface area contributed by atoms with E-state index in [1.165, 1.54) is 72.8 Å². The molecule has 0 bridgehead atoms. The average molecular weight is 1250 g/mol. The van der Waals surface area contributed by atoms with Crippen LogP contribution in [0, 0.1) is 0 Å². The van der Waals surface area contributed by atoms with E-state index in [2.05, 4.69) is 57.8 Å². The Morgan fingerprint density at radius 1 is 0.472 bits per heavy atom. The Bertz CT molecular complexity index is 3180. The molecule has 1 heterocycles. The van der Waals surface area contributed by atoms with Crippen LogP contribution in [-0.2, 0) is 84.8 Å². The summed E-state index contributed by atoms with van der Waals surface area (Å²) >= 11 is 1.32. The predicted molar refractivity (Wildman–Crippen MR) is 321 cm³/mol. The Morgan fingerprint density at radius 2 is 0.820 bits per heavy atom.